The summed E-state index contributed by atoms with van der Waals surface area (Å²) < 4.78 is 44.9. The van der Waals surface area contributed by atoms with Crippen molar-refractivity contribution in [2.24, 2.45) is 5.73 Å². The predicted molar refractivity (Wildman–Crippen MR) is 43.5 cm³/mol. The summed E-state index contributed by atoms with van der Waals surface area (Å²) in [6, 6.07) is 0. The second-order valence-electron chi connectivity index (χ2n) is 3.42. The Bertz CT molecular complexity index is 236. The van der Waals surface area contributed by atoms with Crippen molar-refractivity contribution in [1.29, 1.82) is 0 Å². The van der Waals surface area contributed by atoms with Crippen molar-refractivity contribution in [3.05, 3.63) is 0 Å². The summed E-state index contributed by atoms with van der Waals surface area (Å²) >= 11 is 0. The second kappa shape index (κ2) is 4.36. The monoisotopic (exact) mass is 227 g/mol. The Balaban J connectivity index is 2.58. The minimum Gasteiger partial charge on any atom is -0.368 e. The lowest BCUT2D eigenvalue weighted by Crippen LogP contribution is -2.40. The fourth-order valence-corrected chi connectivity index (χ4v) is 1.60. The Morgan fingerprint density at radius 3 is 2.27 bits per heavy atom. The van der Waals surface area contributed by atoms with Crippen LogP contribution in [0, 0.1) is 0 Å². The van der Waals surface area contributed by atoms with E-state index in [1.165, 1.54) is 0 Å². The molecule has 7 heteroatoms. The van der Waals surface area contributed by atoms with Gasteiger partial charge in [0.05, 0.1) is 0 Å². The number of carbonyl (C=O) groups excluding carboxylic acids is 1. The number of rotatable bonds is 4. The van der Waals surface area contributed by atoms with E-state index in [1.807, 2.05) is 0 Å². The van der Waals surface area contributed by atoms with E-state index in [-0.39, 0.29) is 12.8 Å². The minimum atomic E-state index is -4.76. The van der Waals surface area contributed by atoms with Crippen LogP contribution in [0.5, 0.6) is 0 Å². The van der Waals surface area contributed by atoms with Gasteiger partial charge in [0, 0.05) is 12.8 Å². The molecule has 0 bridgehead atoms. The highest BCUT2D eigenvalue weighted by Gasteiger charge is 2.46. The van der Waals surface area contributed by atoms with Gasteiger partial charge >= 0.3 is 6.36 Å². The van der Waals surface area contributed by atoms with Gasteiger partial charge in [0.2, 0.25) is 5.91 Å². The Labute approximate surface area is 84.5 Å². The lowest BCUT2D eigenvalue weighted by Gasteiger charge is -2.29. The van der Waals surface area contributed by atoms with Gasteiger partial charge in [-0.25, -0.2) is 0 Å². The summed E-state index contributed by atoms with van der Waals surface area (Å²) in [4.78, 5) is 10.4. The molecular formula is C8H12F3NO3. The van der Waals surface area contributed by atoms with Gasteiger partial charge in [-0.15, -0.1) is 13.2 Å². The lowest BCUT2D eigenvalue weighted by molar-refractivity contribution is -0.414. The molecule has 0 aromatic heterocycles. The van der Waals surface area contributed by atoms with Crippen LogP contribution in [0.25, 0.3) is 0 Å². The molecule has 0 saturated heterocycles. The first-order valence-electron chi connectivity index (χ1n) is 4.52. The quantitative estimate of drug-likeness (QED) is 0.736. The SMILES string of the molecule is NC(=O)COC1(OC(F)(F)F)CCCC1. The highest BCUT2D eigenvalue weighted by molar-refractivity contribution is 5.75. The van der Waals surface area contributed by atoms with Crippen LogP contribution in [0.15, 0.2) is 0 Å². The van der Waals surface area contributed by atoms with Gasteiger partial charge < -0.3 is 10.5 Å². The third-order valence-electron chi connectivity index (χ3n) is 2.14. The van der Waals surface area contributed by atoms with Gasteiger partial charge in [0.15, 0.2) is 5.79 Å². The predicted octanol–water partition coefficient (Wildman–Crippen LogP) is 1.29. The molecule has 1 fully saturated rings. The molecule has 0 aromatic carbocycles. The van der Waals surface area contributed by atoms with Crippen LogP contribution >= 0.6 is 0 Å². The van der Waals surface area contributed by atoms with E-state index in [9.17, 15) is 18.0 Å². The first-order valence-corrected chi connectivity index (χ1v) is 4.52. The van der Waals surface area contributed by atoms with Crippen LogP contribution in [-0.2, 0) is 14.3 Å². The van der Waals surface area contributed by atoms with Gasteiger partial charge in [-0.05, 0) is 12.8 Å². The number of nitrogens with two attached hydrogens (primary N) is 1. The molecule has 1 aliphatic rings. The zero-order valence-corrected chi connectivity index (χ0v) is 7.97. The summed E-state index contributed by atoms with van der Waals surface area (Å²) in [6.45, 7) is -0.559. The minimum absolute atomic E-state index is 0.125. The van der Waals surface area contributed by atoms with E-state index in [4.69, 9.17) is 10.5 Å². The Morgan fingerprint density at radius 2 is 1.87 bits per heavy atom. The van der Waals surface area contributed by atoms with Gasteiger partial charge in [-0.1, -0.05) is 0 Å². The average Bonchev–Trinajstić information content (AvgIpc) is 2.47. The normalized spacial score (nSPS) is 20.5. The number of ether oxygens (including phenoxy) is 2. The largest absolute Gasteiger partial charge is 0.524 e. The summed E-state index contributed by atoms with van der Waals surface area (Å²) in [5.74, 6) is -2.53. The van der Waals surface area contributed by atoms with Crippen LogP contribution in [0.1, 0.15) is 25.7 Å². The number of halogens is 3. The van der Waals surface area contributed by atoms with E-state index < -0.39 is 24.7 Å². The van der Waals surface area contributed by atoms with Crippen molar-refractivity contribution in [3.63, 3.8) is 0 Å². The molecule has 2 N–H and O–H groups in total. The molecule has 15 heavy (non-hydrogen) atoms. The molecular weight excluding hydrogens is 215 g/mol. The van der Waals surface area contributed by atoms with Crippen LogP contribution in [-0.4, -0.2) is 24.7 Å². The fourth-order valence-electron chi connectivity index (χ4n) is 1.60. The number of alkyl halides is 3. The molecule has 0 aromatic rings. The van der Waals surface area contributed by atoms with Crippen LogP contribution in [0.4, 0.5) is 13.2 Å². The first kappa shape index (κ1) is 12.3. The molecule has 88 valence electrons. The molecule has 0 spiro atoms. The molecule has 1 amide bonds. The number of amides is 1. The van der Waals surface area contributed by atoms with Gasteiger partial charge in [0.25, 0.3) is 0 Å². The van der Waals surface area contributed by atoms with Crippen molar-refractivity contribution in [3.8, 4) is 0 Å². The van der Waals surface area contributed by atoms with Crippen molar-refractivity contribution < 1.29 is 27.4 Å². The van der Waals surface area contributed by atoms with Crippen molar-refractivity contribution in [1.82, 2.24) is 0 Å². The number of hydrogen-bond donors (Lipinski definition) is 1. The van der Waals surface area contributed by atoms with Gasteiger partial charge in [-0.3, -0.25) is 9.53 Å². The Kier molecular flexibility index (Phi) is 3.56. The maximum atomic E-state index is 12.1. The molecule has 1 rings (SSSR count). The van der Waals surface area contributed by atoms with Crippen LogP contribution in [0.3, 0.4) is 0 Å². The fraction of sp³-hybridized carbons (Fsp3) is 0.875. The highest BCUT2D eigenvalue weighted by Crippen LogP contribution is 2.39. The van der Waals surface area contributed by atoms with Gasteiger partial charge in [0.1, 0.15) is 6.61 Å². The highest BCUT2D eigenvalue weighted by atomic mass is 19.4. The lowest BCUT2D eigenvalue weighted by atomic mass is 10.2. The van der Waals surface area contributed by atoms with E-state index in [0.29, 0.717) is 12.8 Å². The van der Waals surface area contributed by atoms with E-state index in [2.05, 4.69) is 4.74 Å². The molecule has 1 saturated carbocycles. The van der Waals surface area contributed by atoms with E-state index >= 15 is 0 Å². The number of hydrogen-bond acceptors (Lipinski definition) is 3. The Hall–Kier alpha value is -0.820. The Morgan fingerprint density at radius 1 is 1.33 bits per heavy atom. The van der Waals surface area contributed by atoms with Crippen molar-refractivity contribution >= 4 is 5.91 Å². The third-order valence-corrected chi connectivity index (χ3v) is 2.14. The molecule has 1 aliphatic carbocycles. The third kappa shape index (κ3) is 4.05. The summed E-state index contributed by atoms with van der Waals surface area (Å²) in [6.07, 6.45) is -3.36. The zero-order chi connectivity index (χ0) is 11.5. The molecule has 0 aliphatic heterocycles. The molecule has 4 nitrogen and oxygen atoms in total. The second-order valence-corrected chi connectivity index (χ2v) is 3.42. The number of carbonyl (C=O) groups is 1. The van der Waals surface area contributed by atoms with E-state index in [1.54, 1.807) is 0 Å². The number of primary amides is 1. The van der Waals surface area contributed by atoms with Crippen molar-refractivity contribution in [2.45, 2.75) is 37.8 Å². The maximum Gasteiger partial charge on any atom is 0.524 e. The molecule has 0 unspecified atom stereocenters. The molecule has 0 radical (unpaired) electrons. The van der Waals surface area contributed by atoms with Crippen LogP contribution < -0.4 is 5.73 Å². The molecule has 0 atom stereocenters. The average molecular weight is 227 g/mol. The smallest absolute Gasteiger partial charge is 0.368 e. The maximum absolute atomic E-state index is 12.1. The van der Waals surface area contributed by atoms with Gasteiger partial charge in [-0.2, -0.15) is 0 Å². The first-order chi connectivity index (χ1) is 6.83. The topological polar surface area (TPSA) is 61.6 Å². The zero-order valence-electron chi connectivity index (χ0n) is 7.97. The van der Waals surface area contributed by atoms with Crippen LogP contribution in [0.2, 0.25) is 0 Å². The molecule has 0 heterocycles. The summed E-state index contributed by atoms with van der Waals surface area (Å²) in [5, 5.41) is 0. The summed E-state index contributed by atoms with van der Waals surface area (Å²) in [7, 11) is 0. The summed E-state index contributed by atoms with van der Waals surface area (Å²) in [5.41, 5.74) is 4.79. The standard InChI is InChI=1S/C8H12F3NO3/c9-8(10,11)15-7(3-1-2-4-7)14-5-6(12)13/h1-5H2,(H2,12,13). The van der Waals surface area contributed by atoms with Crippen molar-refractivity contribution in [2.75, 3.05) is 6.61 Å². The van der Waals surface area contributed by atoms with E-state index in [0.717, 1.165) is 0 Å².